The number of H-pyrrole nitrogens is 1. The number of para-hydroxylation sites is 1. The predicted molar refractivity (Wildman–Crippen MR) is 146 cm³/mol. The molecule has 1 aliphatic rings. The minimum Gasteiger partial charge on any atom is -0.497 e. The van der Waals surface area contributed by atoms with Gasteiger partial charge in [0.15, 0.2) is 0 Å². The van der Waals surface area contributed by atoms with Crippen LogP contribution in [0.25, 0.3) is 10.9 Å². The van der Waals surface area contributed by atoms with Crippen LogP contribution < -0.4 is 20.3 Å². The Kier molecular flexibility index (Phi) is 7.37. The second kappa shape index (κ2) is 11.2. The molecule has 0 spiro atoms. The standard InChI is InChI=1S/C29H31N5O3/c1-37-23-11-9-22(10-12-23)34-17-15-33(16-18-34)20-28(35)32-27-7-3-2-6-25(27)29(36)31-19-21-5-4-8-26-24(21)13-14-30-26/h2-14,30H,15-20H2,1H3,(H,31,36)(H,32,35). The molecule has 0 unspecified atom stereocenters. The fourth-order valence-corrected chi connectivity index (χ4v) is 4.72. The van der Waals surface area contributed by atoms with Crippen LogP contribution >= 0.6 is 0 Å². The molecular formula is C29H31N5O3. The van der Waals surface area contributed by atoms with Gasteiger partial charge in [-0.1, -0.05) is 24.3 Å². The van der Waals surface area contributed by atoms with Crippen molar-refractivity contribution in [3.8, 4) is 5.75 Å². The van der Waals surface area contributed by atoms with E-state index in [1.165, 1.54) is 0 Å². The highest BCUT2D eigenvalue weighted by Gasteiger charge is 2.20. The summed E-state index contributed by atoms with van der Waals surface area (Å²) in [5, 5.41) is 7.02. The molecule has 8 nitrogen and oxygen atoms in total. The highest BCUT2D eigenvalue weighted by Crippen LogP contribution is 2.21. The lowest BCUT2D eigenvalue weighted by molar-refractivity contribution is -0.117. The number of aromatic nitrogens is 1. The Bertz CT molecular complexity index is 1370. The van der Waals surface area contributed by atoms with Gasteiger partial charge in [0.25, 0.3) is 5.91 Å². The summed E-state index contributed by atoms with van der Waals surface area (Å²) >= 11 is 0. The number of aromatic amines is 1. The summed E-state index contributed by atoms with van der Waals surface area (Å²) < 4.78 is 5.24. The summed E-state index contributed by atoms with van der Waals surface area (Å²) in [6.07, 6.45) is 1.89. The highest BCUT2D eigenvalue weighted by atomic mass is 16.5. The number of ether oxygens (including phenoxy) is 1. The SMILES string of the molecule is COc1ccc(N2CCN(CC(=O)Nc3ccccc3C(=O)NCc3cccc4[nH]ccc34)CC2)cc1. The molecule has 3 aromatic carbocycles. The Labute approximate surface area is 216 Å². The molecule has 3 N–H and O–H groups in total. The fourth-order valence-electron chi connectivity index (χ4n) is 4.72. The average Bonchev–Trinajstić information content (AvgIpc) is 3.42. The van der Waals surface area contributed by atoms with Crippen molar-refractivity contribution in [2.75, 3.05) is 50.1 Å². The smallest absolute Gasteiger partial charge is 0.253 e. The predicted octanol–water partition coefficient (Wildman–Crippen LogP) is 3.87. The number of methoxy groups -OCH3 is 1. The van der Waals surface area contributed by atoms with E-state index in [0.717, 1.165) is 54.1 Å². The summed E-state index contributed by atoms with van der Waals surface area (Å²) in [6.45, 7) is 3.92. The molecule has 0 aliphatic carbocycles. The van der Waals surface area contributed by atoms with Gasteiger partial charge in [0.2, 0.25) is 5.91 Å². The van der Waals surface area contributed by atoms with Gasteiger partial charge in [-0.05, 0) is 54.1 Å². The minimum atomic E-state index is -0.225. The van der Waals surface area contributed by atoms with Gasteiger partial charge < -0.3 is 25.3 Å². The number of hydrogen-bond acceptors (Lipinski definition) is 5. The quantitative estimate of drug-likeness (QED) is 0.344. The van der Waals surface area contributed by atoms with E-state index in [0.29, 0.717) is 17.8 Å². The van der Waals surface area contributed by atoms with Crippen LogP contribution in [0.4, 0.5) is 11.4 Å². The van der Waals surface area contributed by atoms with Gasteiger partial charge in [-0.2, -0.15) is 0 Å². The topological polar surface area (TPSA) is 89.7 Å². The molecule has 2 amide bonds. The molecule has 0 saturated carbocycles. The van der Waals surface area contributed by atoms with Gasteiger partial charge in [-0.25, -0.2) is 0 Å². The molecular weight excluding hydrogens is 466 g/mol. The maximum absolute atomic E-state index is 13.0. The van der Waals surface area contributed by atoms with Crippen LogP contribution in [0.1, 0.15) is 15.9 Å². The Hall–Kier alpha value is -4.30. The normalized spacial score (nSPS) is 13.9. The van der Waals surface area contributed by atoms with Crippen LogP contribution in [0.3, 0.4) is 0 Å². The molecule has 5 rings (SSSR count). The van der Waals surface area contributed by atoms with Crippen LogP contribution in [0.15, 0.2) is 79.0 Å². The lowest BCUT2D eigenvalue weighted by Crippen LogP contribution is -2.48. The van der Waals surface area contributed by atoms with Crippen LogP contribution in [-0.2, 0) is 11.3 Å². The third-order valence-electron chi connectivity index (χ3n) is 6.75. The number of fused-ring (bicyclic) bond motifs is 1. The number of rotatable bonds is 8. The number of anilines is 2. The lowest BCUT2D eigenvalue weighted by Gasteiger charge is -2.35. The van der Waals surface area contributed by atoms with Crippen LogP contribution in [0.2, 0.25) is 0 Å². The second-order valence-corrected chi connectivity index (χ2v) is 9.09. The number of amides is 2. The molecule has 8 heteroatoms. The molecule has 37 heavy (non-hydrogen) atoms. The van der Waals surface area contributed by atoms with Crippen LogP contribution in [-0.4, -0.2) is 61.5 Å². The first-order valence-electron chi connectivity index (χ1n) is 12.4. The number of benzene rings is 3. The van der Waals surface area contributed by atoms with E-state index >= 15 is 0 Å². The monoisotopic (exact) mass is 497 g/mol. The molecule has 1 saturated heterocycles. The lowest BCUT2D eigenvalue weighted by atomic mass is 10.1. The maximum Gasteiger partial charge on any atom is 0.253 e. The first-order valence-corrected chi connectivity index (χ1v) is 12.4. The second-order valence-electron chi connectivity index (χ2n) is 9.09. The average molecular weight is 498 g/mol. The number of carbonyl (C=O) groups excluding carboxylic acids is 2. The third kappa shape index (κ3) is 5.76. The van der Waals surface area contributed by atoms with Gasteiger partial charge in [0.1, 0.15) is 5.75 Å². The summed E-state index contributed by atoms with van der Waals surface area (Å²) in [7, 11) is 1.66. The molecule has 0 radical (unpaired) electrons. The fraction of sp³-hybridized carbons (Fsp3) is 0.241. The summed E-state index contributed by atoms with van der Waals surface area (Å²) in [4.78, 5) is 33.5. The third-order valence-corrected chi connectivity index (χ3v) is 6.75. The van der Waals surface area contributed by atoms with Crippen molar-refractivity contribution in [3.63, 3.8) is 0 Å². The number of nitrogens with one attached hydrogen (secondary N) is 3. The van der Waals surface area contributed by atoms with Crippen molar-refractivity contribution in [1.82, 2.24) is 15.2 Å². The molecule has 1 aliphatic heterocycles. The Morgan fingerprint density at radius 3 is 2.49 bits per heavy atom. The van der Waals surface area contributed by atoms with Gasteiger partial charge in [-0.15, -0.1) is 0 Å². The summed E-state index contributed by atoms with van der Waals surface area (Å²) in [5.74, 6) is 0.484. The number of carbonyl (C=O) groups is 2. The van der Waals surface area contributed by atoms with Crippen molar-refractivity contribution in [1.29, 1.82) is 0 Å². The first-order chi connectivity index (χ1) is 18.1. The van der Waals surface area contributed by atoms with Crippen molar-refractivity contribution in [3.05, 3.63) is 90.1 Å². The van der Waals surface area contributed by atoms with E-state index in [4.69, 9.17) is 4.74 Å². The number of hydrogen-bond donors (Lipinski definition) is 3. The minimum absolute atomic E-state index is 0.129. The highest BCUT2D eigenvalue weighted by molar-refractivity contribution is 6.04. The van der Waals surface area contributed by atoms with Gasteiger partial charge >= 0.3 is 0 Å². The van der Waals surface area contributed by atoms with E-state index < -0.39 is 0 Å². The first kappa shape index (κ1) is 24.4. The molecule has 1 aromatic heterocycles. The van der Waals surface area contributed by atoms with E-state index in [2.05, 4.69) is 37.6 Å². The van der Waals surface area contributed by atoms with Gasteiger partial charge in [0, 0.05) is 55.5 Å². The molecule has 2 heterocycles. The Morgan fingerprint density at radius 1 is 0.919 bits per heavy atom. The van der Waals surface area contributed by atoms with Crippen LogP contribution in [0, 0.1) is 0 Å². The molecule has 190 valence electrons. The van der Waals surface area contributed by atoms with Crippen molar-refractivity contribution in [2.24, 2.45) is 0 Å². The molecule has 0 atom stereocenters. The number of piperazine rings is 1. The van der Waals surface area contributed by atoms with E-state index in [9.17, 15) is 9.59 Å². The van der Waals surface area contributed by atoms with Crippen molar-refractivity contribution >= 4 is 34.1 Å². The zero-order chi connectivity index (χ0) is 25.6. The molecule has 4 aromatic rings. The van der Waals surface area contributed by atoms with Crippen molar-refractivity contribution < 1.29 is 14.3 Å². The van der Waals surface area contributed by atoms with E-state index in [1.807, 2.05) is 48.7 Å². The Morgan fingerprint density at radius 2 is 1.70 bits per heavy atom. The largest absolute Gasteiger partial charge is 0.497 e. The molecule has 0 bridgehead atoms. The van der Waals surface area contributed by atoms with E-state index in [-0.39, 0.29) is 18.4 Å². The number of nitrogens with zero attached hydrogens (tertiary/aromatic N) is 2. The van der Waals surface area contributed by atoms with Crippen LogP contribution in [0.5, 0.6) is 5.75 Å². The zero-order valence-electron chi connectivity index (χ0n) is 20.9. The zero-order valence-corrected chi connectivity index (χ0v) is 20.9. The van der Waals surface area contributed by atoms with Gasteiger partial charge in [0.05, 0.1) is 24.9 Å². The van der Waals surface area contributed by atoms with E-state index in [1.54, 1.807) is 25.3 Å². The molecule has 1 fully saturated rings. The summed E-state index contributed by atoms with van der Waals surface area (Å²) in [5.41, 5.74) is 4.17. The van der Waals surface area contributed by atoms with Gasteiger partial charge in [-0.3, -0.25) is 14.5 Å². The summed E-state index contributed by atoms with van der Waals surface area (Å²) in [6, 6.07) is 23.1. The Balaban J connectivity index is 1.15. The maximum atomic E-state index is 13.0. The van der Waals surface area contributed by atoms with Crippen molar-refractivity contribution in [2.45, 2.75) is 6.54 Å².